The predicted molar refractivity (Wildman–Crippen MR) is 70.0 cm³/mol. The molecular weight excluding hydrogens is 248 g/mol. The summed E-state index contributed by atoms with van der Waals surface area (Å²) in [5, 5.41) is 3.44. The average Bonchev–Trinajstić information content (AvgIpc) is 2.73. The molecular formula is C14H17F2N3. The number of nitrogens with one attached hydrogen (secondary N) is 1. The molecule has 3 rings (SSSR count). The second-order valence-electron chi connectivity index (χ2n) is 5.17. The summed E-state index contributed by atoms with van der Waals surface area (Å²) in [6, 6.07) is 3.05. The van der Waals surface area contributed by atoms with E-state index in [-0.39, 0.29) is 5.52 Å². The van der Waals surface area contributed by atoms with Crippen LogP contribution in [0.5, 0.6) is 0 Å². The van der Waals surface area contributed by atoms with E-state index in [1.54, 1.807) is 11.6 Å². The lowest BCUT2D eigenvalue weighted by Crippen LogP contribution is -2.36. The number of benzene rings is 1. The Morgan fingerprint density at radius 1 is 1.37 bits per heavy atom. The quantitative estimate of drug-likeness (QED) is 0.904. The highest BCUT2D eigenvalue weighted by atomic mass is 19.2. The fourth-order valence-electron chi connectivity index (χ4n) is 2.78. The van der Waals surface area contributed by atoms with E-state index in [0.717, 1.165) is 31.3 Å². The number of imidazole rings is 1. The van der Waals surface area contributed by atoms with E-state index in [0.29, 0.717) is 11.6 Å². The summed E-state index contributed by atoms with van der Waals surface area (Å²) in [7, 11) is 1.75. The van der Waals surface area contributed by atoms with Crippen molar-refractivity contribution in [3.05, 3.63) is 29.6 Å². The molecule has 0 bridgehead atoms. The lowest BCUT2D eigenvalue weighted by Gasteiger charge is -2.23. The van der Waals surface area contributed by atoms with Crippen molar-refractivity contribution < 1.29 is 8.78 Å². The largest absolute Gasteiger partial charge is 0.329 e. The van der Waals surface area contributed by atoms with Crippen molar-refractivity contribution in [3.63, 3.8) is 0 Å². The van der Waals surface area contributed by atoms with Gasteiger partial charge in [-0.05, 0) is 31.5 Å². The zero-order valence-corrected chi connectivity index (χ0v) is 10.9. The molecule has 0 saturated carbocycles. The minimum Gasteiger partial charge on any atom is -0.329 e. The van der Waals surface area contributed by atoms with Crippen molar-refractivity contribution in [1.82, 2.24) is 14.9 Å². The summed E-state index contributed by atoms with van der Waals surface area (Å²) in [6.45, 7) is 1.03. The third kappa shape index (κ3) is 2.23. The highest BCUT2D eigenvalue weighted by Crippen LogP contribution is 2.22. The van der Waals surface area contributed by atoms with Crippen LogP contribution in [-0.4, -0.2) is 22.1 Å². The van der Waals surface area contributed by atoms with Crippen molar-refractivity contribution in [2.45, 2.75) is 31.7 Å². The molecule has 102 valence electrons. The van der Waals surface area contributed by atoms with Gasteiger partial charge in [0.2, 0.25) is 0 Å². The molecule has 1 aliphatic heterocycles. The van der Waals surface area contributed by atoms with Crippen LogP contribution in [-0.2, 0) is 13.5 Å². The van der Waals surface area contributed by atoms with Gasteiger partial charge in [-0.25, -0.2) is 13.8 Å². The molecule has 2 heterocycles. The average molecular weight is 265 g/mol. The van der Waals surface area contributed by atoms with Gasteiger partial charge >= 0.3 is 0 Å². The monoisotopic (exact) mass is 265 g/mol. The van der Waals surface area contributed by atoms with E-state index in [1.165, 1.54) is 18.9 Å². The highest BCUT2D eigenvalue weighted by molar-refractivity contribution is 5.76. The molecule has 19 heavy (non-hydrogen) atoms. The first-order chi connectivity index (χ1) is 9.16. The Hall–Kier alpha value is -1.49. The van der Waals surface area contributed by atoms with Crippen LogP contribution in [0, 0.1) is 11.6 Å². The fraction of sp³-hybridized carbons (Fsp3) is 0.500. The van der Waals surface area contributed by atoms with Crippen molar-refractivity contribution in [1.29, 1.82) is 0 Å². The number of halogens is 2. The SMILES string of the molecule is Cn1c(CC2CCCCN2)nc2ccc(F)c(F)c21. The number of hydrogen-bond acceptors (Lipinski definition) is 2. The topological polar surface area (TPSA) is 29.9 Å². The summed E-state index contributed by atoms with van der Waals surface area (Å²) >= 11 is 0. The van der Waals surface area contributed by atoms with Crippen LogP contribution >= 0.6 is 0 Å². The highest BCUT2D eigenvalue weighted by Gasteiger charge is 2.19. The molecule has 1 unspecified atom stereocenters. The molecule has 5 heteroatoms. The van der Waals surface area contributed by atoms with Gasteiger partial charge in [-0.15, -0.1) is 0 Å². The molecule has 0 radical (unpaired) electrons. The molecule has 3 nitrogen and oxygen atoms in total. The van der Waals surface area contributed by atoms with E-state index < -0.39 is 11.6 Å². The van der Waals surface area contributed by atoms with Crippen LogP contribution in [0.1, 0.15) is 25.1 Å². The zero-order valence-electron chi connectivity index (χ0n) is 10.9. The number of aryl methyl sites for hydroxylation is 1. The maximum atomic E-state index is 13.8. The van der Waals surface area contributed by atoms with Crippen molar-refractivity contribution >= 4 is 11.0 Å². The third-order valence-electron chi connectivity index (χ3n) is 3.86. The predicted octanol–water partition coefficient (Wildman–Crippen LogP) is 2.54. The van der Waals surface area contributed by atoms with Crippen LogP contribution < -0.4 is 5.32 Å². The summed E-state index contributed by atoms with van der Waals surface area (Å²) in [6.07, 6.45) is 4.29. The van der Waals surface area contributed by atoms with Gasteiger partial charge in [0.25, 0.3) is 0 Å². The molecule has 0 spiro atoms. The molecule has 1 atom stereocenters. The van der Waals surface area contributed by atoms with E-state index in [2.05, 4.69) is 10.3 Å². The zero-order chi connectivity index (χ0) is 13.4. The maximum Gasteiger partial charge on any atom is 0.184 e. The van der Waals surface area contributed by atoms with Crippen molar-refractivity contribution in [3.8, 4) is 0 Å². The van der Waals surface area contributed by atoms with E-state index in [1.807, 2.05) is 0 Å². The van der Waals surface area contributed by atoms with Gasteiger partial charge in [-0.3, -0.25) is 0 Å². The lowest BCUT2D eigenvalue weighted by molar-refractivity contribution is 0.392. The number of nitrogens with zero attached hydrogens (tertiary/aromatic N) is 2. The number of aromatic nitrogens is 2. The van der Waals surface area contributed by atoms with Gasteiger partial charge in [-0.2, -0.15) is 0 Å². The first kappa shape index (κ1) is 12.5. The van der Waals surface area contributed by atoms with Gasteiger partial charge < -0.3 is 9.88 Å². The smallest absolute Gasteiger partial charge is 0.184 e. The Kier molecular flexibility index (Phi) is 3.22. The van der Waals surface area contributed by atoms with E-state index in [4.69, 9.17) is 0 Å². The number of piperidine rings is 1. The third-order valence-corrected chi connectivity index (χ3v) is 3.86. The Morgan fingerprint density at radius 2 is 2.21 bits per heavy atom. The lowest BCUT2D eigenvalue weighted by atomic mass is 10.0. The van der Waals surface area contributed by atoms with Crippen LogP contribution in [0.25, 0.3) is 11.0 Å². The summed E-state index contributed by atoms with van der Waals surface area (Å²) in [5.41, 5.74) is 0.776. The van der Waals surface area contributed by atoms with Crippen LogP contribution in [0.15, 0.2) is 12.1 Å². The summed E-state index contributed by atoms with van der Waals surface area (Å²) < 4.78 is 28.7. The van der Waals surface area contributed by atoms with Crippen molar-refractivity contribution in [2.24, 2.45) is 7.05 Å². The Labute approximate surface area is 110 Å². The normalized spacial score (nSPS) is 20.1. The minimum absolute atomic E-state index is 0.255. The Morgan fingerprint density at radius 3 is 2.95 bits per heavy atom. The summed E-state index contributed by atoms with van der Waals surface area (Å²) in [4.78, 5) is 4.42. The fourth-order valence-corrected chi connectivity index (χ4v) is 2.78. The van der Waals surface area contributed by atoms with Gasteiger partial charge in [0.1, 0.15) is 11.3 Å². The first-order valence-corrected chi connectivity index (χ1v) is 6.69. The summed E-state index contributed by atoms with van der Waals surface area (Å²) in [5.74, 6) is -0.827. The molecule has 1 aromatic carbocycles. The molecule has 1 saturated heterocycles. The molecule has 1 N–H and O–H groups in total. The molecule has 1 aliphatic rings. The van der Waals surface area contributed by atoms with E-state index >= 15 is 0 Å². The number of rotatable bonds is 2. The molecule has 0 amide bonds. The molecule has 2 aromatic rings. The molecule has 0 aliphatic carbocycles. The van der Waals surface area contributed by atoms with Crippen molar-refractivity contribution in [2.75, 3.05) is 6.54 Å². The minimum atomic E-state index is -0.821. The second-order valence-corrected chi connectivity index (χ2v) is 5.17. The van der Waals surface area contributed by atoms with E-state index in [9.17, 15) is 8.78 Å². The van der Waals surface area contributed by atoms with Gasteiger partial charge in [0.05, 0.1) is 5.52 Å². The van der Waals surface area contributed by atoms with Gasteiger partial charge in [-0.1, -0.05) is 6.42 Å². The van der Waals surface area contributed by atoms with Gasteiger partial charge in [0, 0.05) is 19.5 Å². The molecule has 1 fully saturated rings. The first-order valence-electron chi connectivity index (χ1n) is 6.69. The second kappa shape index (κ2) is 4.89. The van der Waals surface area contributed by atoms with Gasteiger partial charge in [0.15, 0.2) is 11.6 Å². The van der Waals surface area contributed by atoms with Crippen LogP contribution in [0.4, 0.5) is 8.78 Å². The standard InChI is InChI=1S/C14H17F2N3/c1-19-12(8-9-4-2-3-7-17-9)18-11-6-5-10(15)13(16)14(11)19/h5-6,9,17H,2-4,7-8H2,1H3. The maximum absolute atomic E-state index is 13.8. The number of fused-ring (bicyclic) bond motifs is 1. The van der Waals surface area contributed by atoms with Crippen LogP contribution in [0.2, 0.25) is 0 Å². The Balaban J connectivity index is 1.96. The van der Waals surface area contributed by atoms with Crippen LogP contribution in [0.3, 0.4) is 0 Å². The molecule has 1 aromatic heterocycles. The Bertz CT molecular complexity index is 600. The number of hydrogen-bond donors (Lipinski definition) is 1.